The normalized spacial score (nSPS) is 10.5. The second-order valence-corrected chi connectivity index (χ2v) is 4.15. The Morgan fingerprint density at radius 1 is 1.44 bits per heavy atom. The third-order valence-corrected chi connectivity index (χ3v) is 2.01. The molecule has 2 N–H and O–H groups in total. The van der Waals surface area contributed by atoms with Crippen LogP contribution in [0.5, 0.6) is 0 Å². The number of carbonyl (C=O) groups is 1. The molecule has 0 radical (unpaired) electrons. The van der Waals surface area contributed by atoms with Crippen molar-refractivity contribution in [2.45, 2.75) is 33.4 Å². The molecule has 16 heavy (non-hydrogen) atoms. The first kappa shape index (κ1) is 12.6. The standard InChI is InChI=1S/C12H19N3O/c1-9(2)15-12(16)8-13-7-11-5-4-10(3)6-14-11/h4-6,9,13H,7-8H2,1-3H3,(H,15,16). The minimum Gasteiger partial charge on any atom is -0.353 e. The number of nitrogens with zero attached hydrogens (tertiary/aromatic N) is 1. The molecule has 4 nitrogen and oxygen atoms in total. The van der Waals surface area contributed by atoms with Gasteiger partial charge in [0.05, 0.1) is 12.2 Å². The molecular weight excluding hydrogens is 202 g/mol. The maximum absolute atomic E-state index is 11.3. The van der Waals surface area contributed by atoms with Crippen molar-refractivity contribution in [2.75, 3.05) is 6.54 Å². The van der Waals surface area contributed by atoms with Crippen LogP contribution in [-0.2, 0) is 11.3 Å². The lowest BCUT2D eigenvalue weighted by Crippen LogP contribution is -2.37. The summed E-state index contributed by atoms with van der Waals surface area (Å²) in [6.07, 6.45) is 1.82. The third-order valence-electron chi connectivity index (χ3n) is 2.01. The Balaban J connectivity index is 2.25. The van der Waals surface area contributed by atoms with E-state index in [1.54, 1.807) is 0 Å². The smallest absolute Gasteiger partial charge is 0.234 e. The van der Waals surface area contributed by atoms with Gasteiger partial charge in [0.2, 0.25) is 5.91 Å². The van der Waals surface area contributed by atoms with E-state index in [2.05, 4.69) is 15.6 Å². The number of hydrogen-bond acceptors (Lipinski definition) is 3. The fourth-order valence-corrected chi connectivity index (χ4v) is 1.28. The Kier molecular flexibility index (Phi) is 4.92. The highest BCUT2D eigenvalue weighted by molar-refractivity contribution is 5.78. The second-order valence-electron chi connectivity index (χ2n) is 4.15. The summed E-state index contributed by atoms with van der Waals surface area (Å²) >= 11 is 0. The van der Waals surface area contributed by atoms with Gasteiger partial charge in [0.15, 0.2) is 0 Å². The zero-order valence-corrected chi connectivity index (χ0v) is 10.1. The van der Waals surface area contributed by atoms with E-state index < -0.39 is 0 Å². The van der Waals surface area contributed by atoms with E-state index in [4.69, 9.17) is 0 Å². The average molecular weight is 221 g/mol. The monoisotopic (exact) mass is 221 g/mol. The molecule has 0 bridgehead atoms. The van der Waals surface area contributed by atoms with E-state index in [9.17, 15) is 4.79 Å². The number of carbonyl (C=O) groups excluding carboxylic acids is 1. The van der Waals surface area contributed by atoms with Crippen LogP contribution in [0.1, 0.15) is 25.1 Å². The number of hydrogen-bond donors (Lipinski definition) is 2. The van der Waals surface area contributed by atoms with Gasteiger partial charge in [0, 0.05) is 18.8 Å². The van der Waals surface area contributed by atoms with Gasteiger partial charge in [-0.2, -0.15) is 0 Å². The molecule has 0 fully saturated rings. The molecule has 88 valence electrons. The summed E-state index contributed by atoms with van der Waals surface area (Å²) in [5, 5.41) is 5.87. The van der Waals surface area contributed by atoms with E-state index >= 15 is 0 Å². The molecule has 0 aliphatic heterocycles. The summed E-state index contributed by atoms with van der Waals surface area (Å²) in [7, 11) is 0. The maximum Gasteiger partial charge on any atom is 0.234 e. The van der Waals surface area contributed by atoms with Crippen LogP contribution in [0, 0.1) is 6.92 Å². The van der Waals surface area contributed by atoms with Crippen molar-refractivity contribution in [1.29, 1.82) is 0 Å². The van der Waals surface area contributed by atoms with Gasteiger partial charge in [-0.05, 0) is 32.4 Å². The number of aryl methyl sites for hydroxylation is 1. The van der Waals surface area contributed by atoms with Gasteiger partial charge in [-0.25, -0.2) is 0 Å². The second kappa shape index (κ2) is 6.23. The Labute approximate surface area is 96.5 Å². The van der Waals surface area contributed by atoms with Crippen LogP contribution in [0.25, 0.3) is 0 Å². The molecule has 0 atom stereocenters. The first-order valence-electron chi connectivity index (χ1n) is 5.49. The number of rotatable bonds is 5. The van der Waals surface area contributed by atoms with E-state index in [0.717, 1.165) is 11.3 Å². The van der Waals surface area contributed by atoms with Gasteiger partial charge in [0.1, 0.15) is 0 Å². The van der Waals surface area contributed by atoms with Crippen LogP contribution in [0.3, 0.4) is 0 Å². The average Bonchev–Trinajstić information content (AvgIpc) is 2.20. The molecule has 1 rings (SSSR count). The van der Waals surface area contributed by atoms with E-state index in [-0.39, 0.29) is 11.9 Å². The first-order valence-corrected chi connectivity index (χ1v) is 5.49. The summed E-state index contributed by atoms with van der Waals surface area (Å²) < 4.78 is 0. The molecule has 4 heteroatoms. The largest absolute Gasteiger partial charge is 0.353 e. The molecule has 1 heterocycles. The maximum atomic E-state index is 11.3. The quantitative estimate of drug-likeness (QED) is 0.780. The molecule has 0 aliphatic rings. The summed E-state index contributed by atoms with van der Waals surface area (Å²) in [6.45, 7) is 6.83. The fourth-order valence-electron chi connectivity index (χ4n) is 1.28. The fraction of sp³-hybridized carbons (Fsp3) is 0.500. The summed E-state index contributed by atoms with van der Waals surface area (Å²) in [6, 6.07) is 4.16. The highest BCUT2D eigenvalue weighted by Gasteiger charge is 2.02. The minimum absolute atomic E-state index is 0.0158. The van der Waals surface area contributed by atoms with Gasteiger partial charge in [-0.1, -0.05) is 6.07 Å². The lowest BCUT2D eigenvalue weighted by Gasteiger charge is -2.08. The summed E-state index contributed by atoms with van der Waals surface area (Å²) in [4.78, 5) is 15.5. The first-order chi connectivity index (χ1) is 7.58. The van der Waals surface area contributed by atoms with Gasteiger partial charge >= 0.3 is 0 Å². The minimum atomic E-state index is 0.0158. The zero-order chi connectivity index (χ0) is 12.0. The Bertz CT molecular complexity index is 333. The topological polar surface area (TPSA) is 54.0 Å². The van der Waals surface area contributed by atoms with E-state index in [0.29, 0.717) is 13.1 Å². The number of aromatic nitrogens is 1. The number of nitrogens with one attached hydrogen (secondary N) is 2. The van der Waals surface area contributed by atoms with Crippen LogP contribution in [0.2, 0.25) is 0 Å². The van der Waals surface area contributed by atoms with Gasteiger partial charge in [-0.3, -0.25) is 9.78 Å². The van der Waals surface area contributed by atoms with E-state index in [1.807, 2.05) is 39.1 Å². The molecule has 0 saturated carbocycles. The molecule has 0 unspecified atom stereocenters. The van der Waals surface area contributed by atoms with Crippen LogP contribution >= 0.6 is 0 Å². The van der Waals surface area contributed by atoms with Crippen molar-refractivity contribution in [2.24, 2.45) is 0 Å². The lowest BCUT2D eigenvalue weighted by molar-refractivity contribution is -0.120. The molecule has 1 amide bonds. The molecule has 0 saturated heterocycles. The van der Waals surface area contributed by atoms with Crippen molar-refractivity contribution in [1.82, 2.24) is 15.6 Å². The highest BCUT2D eigenvalue weighted by atomic mass is 16.1. The highest BCUT2D eigenvalue weighted by Crippen LogP contribution is 1.97. The molecular formula is C12H19N3O. The summed E-state index contributed by atoms with van der Waals surface area (Å²) in [5.74, 6) is 0.0158. The molecule has 0 spiro atoms. The molecule has 0 aromatic carbocycles. The Morgan fingerprint density at radius 3 is 2.75 bits per heavy atom. The van der Waals surface area contributed by atoms with Crippen LogP contribution < -0.4 is 10.6 Å². The Morgan fingerprint density at radius 2 is 2.19 bits per heavy atom. The zero-order valence-electron chi connectivity index (χ0n) is 10.1. The van der Waals surface area contributed by atoms with Gasteiger partial charge < -0.3 is 10.6 Å². The predicted octanol–water partition coefficient (Wildman–Crippen LogP) is 1.00. The van der Waals surface area contributed by atoms with Crippen molar-refractivity contribution < 1.29 is 4.79 Å². The number of amides is 1. The lowest BCUT2D eigenvalue weighted by atomic mass is 10.3. The van der Waals surface area contributed by atoms with Gasteiger partial charge in [-0.15, -0.1) is 0 Å². The third kappa shape index (κ3) is 4.89. The summed E-state index contributed by atoms with van der Waals surface area (Å²) in [5.41, 5.74) is 2.09. The van der Waals surface area contributed by atoms with Crippen molar-refractivity contribution >= 4 is 5.91 Å². The van der Waals surface area contributed by atoms with Crippen LogP contribution in [0.4, 0.5) is 0 Å². The SMILES string of the molecule is Cc1ccc(CNCC(=O)NC(C)C)nc1. The van der Waals surface area contributed by atoms with E-state index in [1.165, 1.54) is 0 Å². The predicted molar refractivity (Wildman–Crippen MR) is 64.0 cm³/mol. The van der Waals surface area contributed by atoms with Crippen LogP contribution in [0.15, 0.2) is 18.3 Å². The van der Waals surface area contributed by atoms with Crippen molar-refractivity contribution in [3.8, 4) is 0 Å². The molecule has 1 aromatic rings. The van der Waals surface area contributed by atoms with Crippen molar-refractivity contribution in [3.63, 3.8) is 0 Å². The van der Waals surface area contributed by atoms with Crippen molar-refractivity contribution in [3.05, 3.63) is 29.6 Å². The van der Waals surface area contributed by atoms with Gasteiger partial charge in [0.25, 0.3) is 0 Å². The molecule has 0 aliphatic carbocycles. The molecule has 1 aromatic heterocycles. The van der Waals surface area contributed by atoms with Crippen LogP contribution in [-0.4, -0.2) is 23.5 Å². The Hall–Kier alpha value is -1.42. The number of pyridine rings is 1.